The normalized spacial score (nSPS) is 16.1. The van der Waals surface area contributed by atoms with Gasteiger partial charge in [0.25, 0.3) is 0 Å². The first kappa shape index (κ1) is 23.8. The van der Waals surface area contributed by atoms with E-state index in [0.717, 1.165) is 11.8 Å². The Morgan fingerprint density at radius 3 is 2.53 bits per heavy atom. The smallest absolute Gasteiger partial charge is 0.318 e. The topological polar surface area (TPSA) is 57.6 Å². The average Bonchev–Trinajstić information content (AvgIpc) is 3.14. The molecule has 0 bridgehead atoms. The predicted octanol–water partition coefficient (Wildman–Crippen LogP) is 4.16. The van der Waals surface area contributed by atoms with Crippen LogP contribution in [0.2, 0.25) is 0 Å². The van der Waals surface area contributed by atoms with Crippen LogP contribution >= 0.6 is 0 Å². The third-order valence-corrected chi connectivity index (χ3v) is 5.30. The van der Waals surface area contributed by atoms with Gasteiger partial charge in [0.15, 0.2) is 0 Å². The Morgan fingerprint density at radius 2 is 1.91 bits per heavy atom. The lowest BCUT2D eigenvalue weighted by molar-refractivity contribution is -0.134. The number of rotatable bonds is 5. The predicted molar refractivity (Wildman–Crippen MR) is 119 cm³/mol. The van der Waals surface area contributed by atoms with Gasteiger partial charge in [0, 0.05) is 48.7 Å². The maximum absolute atomic E-state index is 14.8. The zero-order valence-corrected chi connectivity index (χ0v) is 19.4. The summed E-state index contributed by atoms with van der Waals surface area (Å²) in [6, 6.07) is 6.09. The Balaban J connectivity index is 1.91. The molecule has 0 radical (unpaired) electrons. The second kappa shape index (κ2) is 9.30. The van der Waals surface area contributed by atoms with Crippen LogP contribution in [0.15, 0.2) is 36.5 Å². The Bertz CT molecular complexity index is 981. The average molecular weight is 447 g/mol. The summed E-state index contributed by atoms with van der Waals surface area (Å²) in [6.45, 7) is 10.8. The highest BCUT2D eigenvalue weighted by atomic mass is 19.1. The molecule has 0 saturated carbocycles. The standard InChI is InChI=1S/C24H32F2N4O2/c1-16(2)14-29(23(32)27-24(3,4)5)15-21(31)30-12-11-28-10-6-7-20(28)22(30)18-9-8-17(25)13-19(18)26/h6-10,13,16,22H,11-12,14-15H2,1-5H3,(H,27,32)/t22-/m1/s1. The third kappa shape index (κ3) is 5.47. The van der Waals surface area contributed by atoms with Crippen molar-refractivity contribution in [3.8, 4) is 0 Å². The van der Waals surface area contributed by atoms with Crippen molar-refractivity contribution in [2.45, 2.75) is 52.7 Å². The summed E-state index contributed by atoms with van der Waals surface area (Å²) >= 11 is 0. The monoisotopic (exact) mass is 446 g/mol. The van der Waals surface area contributed by atoms with Gasteiger partial charge in [-0.1, -0.05) is 19.9 Å². The number of urea groups is 1. The van der Waals surface area contributed by atoms with E-state index in [9.17, 15) is 18.4 Å². The van der Waals surface area contributed by atoms with Gasteiger partial charge in [-0.3, -0.25) is 4.79 Å². The molecule has 0 saturated heterocycles. The van der Waals surface area contributed by atoms with Crippen molar-refractivity contribution in [1.29, 1.82) is 0 Å². The van der Waals surface area contributed by atoms with Crippen molar-refractivity contribution in [2.24, 2.45) is 5.92 Å². The number of aromatic nitrogens is 1. The zero-order valence-electron chi connectivity index (χ0n) is 19.4. The summed E-state index contributed by atoms with van der Waals surface area (Å²) in [7, 11) is 0. The van der Waals surface area contributed by atoms with Gasteiger partial charge >= 0.3 is 6.03 Å². The van der Waals surface area contributed by atoms with Crippen LogP contribution in [0.4, 0.5) is 13.6 Å². The lowest BCUT2D eigenvalue weighted by atomic mass is 9.99. The lowest BCUT2D eigenvalue weighted by Gasteiger charge is -2.39. The second-order valence-electron chi connectivity index (χ2n) is 9.74. The number of nitrogens with one attached hydrogen (secondary N) is 1. The Labute approximate surface area is 188 Å². The van der Waals surface area contributed by atoms with Gasteiger partial charge in [-0.25, -0.2) is 13.6 Å². The highest BCUT2D eigenvalue weighted by Gasteiger charge is 2.35. The molecule has 0 aliphatic carbocycles. The molecular weight excluding hydrogens is 414 g/mol. The Kier molecular flexibility index (Phi) is 6.91. The summed E-state index contributed by atoms with van der Waals surface area (Å²) in [5.74, 6) is -1.49. The zero-order chi connectivity index (χ0) is 23.6. The molecule has 1 atom stereocenters. The van der Waals surface area contributed by atoms with Crippen LogP contribution in [0, 0.1) is 17.6 Å². The number of benzene rings is 1. The molecule has 3 rings (SSSR count). The van der Waals surface area contributed by atoms with E-state index in [1.54, 1.807) is 4.90 Å². The lowest BCUT2D eigenvalue weighted by Crippen LogP contribution is -2.53. The molecule has 8 heteroatoms. The van der Waals surface area contributed by atoms with E-state index in [-0.39, 0.29) is 30.0 Å². The number of carbonyl (C=O) groups excluding carboxylic acids is 2. The van der Waals surface area contributed by atoms with Gasteiger partial charge < -0.3 is 19.7 Å². The van der Waals surface area contributed by atoms with E-state index in [2.05, 4.69) is 5.32 Å². The number of carbonyl (C=O) groups is 2. The second-order valence-corrected chi connectivity index (χ2v) is 9.74. The first-order valence-corrected chi connectivity index (χ1v) is 10.9. The van der Waals surface area contributed by atoms with Gasteiger partial charge in [-0.2, -0.15) is 0 Å². The minimum absolute atomic E-state index is 0.125. The first-order valence-electron chi connectivity index (χ1n) is 10.9. The van der Waals surface area contributed by atoms with E-state index < -0.39 is 23.2 Å². The molecule has 32 heavy (non-hydrogen) atoms. The highest BCUT2D eigenvalue weighted by Crippen LogP contribution is 2.34. The maximum Gasteiger partial charge on any atom is 0.318 e. The van der Waals surface area contributed by atoms with Crippen molar-refractivity contribution < 1.29 is 18.4 Å². The quantitative estimate of drug-likeness (QED) is 0.750. The van der Waals surface area contributed by atoms with Crippen LogP contribution in [-0.4, -0.2) is 51.5 Å². The summed E-state index contributed by atoms with van der Waals surface area (Å²) in [5, 5.41) is 2.91. The van der Waals surface area contributed by atoms with Crippen molar-refractivity contribution in [2.75, 3.05) is 19.6 Å². The summed E-state index contributed by atoms with van der Waals surface area (Å²) in [4.78, 5) is 29.4. The van der Waals surface area contributed by atoms with Gasteiger partial charge in [0.05, 0.1) is 0 Å². The Morgan fingerprint density at radius 1 is 1.19 bits per heavy atom. The van der Waals surface area contributed by atoms with Crippen LogP contribution in [0.25, 0.3) is 0 Å². The van der Waals surface area contributed by atoms with Gasteiger partial charge in [0.2, 0.25) is 5.91 Å². The molecule has 174 valence electrons. The van der Waals surface area contributed by atoms with E-state index in [1.807, 2.05) is 57.5 Å². The summed E-state index contributed by atoms with van der Waals surface area (Å²) in [6.07, 6.45) is 1.88. The highest BCUT2D eigenvalue weighted by molar-refractivity contribution is 5.85. The molecule has 1 aliphatic heterocycles. The number of fused-ring (bicyclic) bond motifs is 1. The number of nitrogens with zero attached hydrogens (tertiary/aromatic N) is 3. The maximum atomic E-state index is 14.8. The van der Waals surface area contributed by atoms with Gasteiger partial charge in [0.1, 0.15) is 24.2 Å². The minimum Gasteiger partial charge on any atom is -0.348 e. The first-order chi connectivity index (χ1) is 15.0. The van der Waals surface area contributed by atoms with E-state index in [0.29, 0.717) is 19.6 Å². The van der Waals surface area contributed by atoms with Crippen molar-refractivity contribution in [1.82, 2.24) is 19.7 Å². The van der Waals surface area contributed by atoms with Crippen LogP contribution in [-0.2, 0) is 11.3 Å². The van der Waals surface area contributed by atoms with Crippen LogP contribution in [0.3, 0.4) is 0 Å². The van der Waals surface area contributed by atoms with E-state index in [4.69, 9.17) is 0 Å². The molecular formula is C24H32F2N4O2. The molecule has 1 aliphatic rings. The molecule has 6 nitrogen and oxygen atoms in total. The van der Waals surface area contributed by atoms with Crippen LogP contribution in [0.1, 0.15) is 51.9 Å². The summed E-state index contributed by atoms with van der Waals surface area (Å²) < 4.78 is 30.3. The fourth-order valence-corrected chi connectivity index (χ4v) is 4.02. The van der Waals surface area contributed by atoms with Crippen LogP contribution < -0.4 is 5.32 Å². The molecule has 1 aromatic heterocycles. The molecule has 3 amide bonds. The van der Waals surface area contributed by atoms with E-state index >= 15 is 0 Å². The summed E-state index contributed by atoms with van der Waals surface area (Å²) in [5.41, 5.74) is 0.541. The SMILES string of the molecule is CC(C)CN(CC(=O)N1CCn2cccc2[C@H]1c1ccc(F)cc1F)C(=O)NC(C)(C)C. The van der Waals surface area contributed by atoms with Gasteiger partial charge in [-0.15, -0.1) is 0 Å². The van der Waals surface area contributed by atoms with Crippen molar-refractivity contribution in [3.05, 3.63) is 59.4 Å². The molecule has 0 fully saturated rings. The molecule has 0 unspecified atom stereocenters. The van der Waals surface area contributed by atoms with Gasteiger partial charge in [-0.05, 0) is 44.9 Å². The molecule has 1 N–H and O–H groups in total. The number of hydrogen-bond acceptors (Lipinski definition) is 2. The van der Waals surface area contributed by atoms with Crippen molar-refractivity contribution >= 4 is 11.9 Å². The number of amides is 3. The largest absolute Gasteiger partial charge is 0.348 e. The third-order valence-electron chi connectivity index (χ3n) is 5.30. The minimum atomic E-state index is -0.702. The fraction of sp³-hybridized carbons (Fsp3) is 0.500. The van der Waals surface area contributed by atoms with E-state index in [1.165, 1.54) is 17.0 Å². The number of halogens is 2. The fourth-order valence-electron chi connectivity index (χ4n) is 4.02. The number of hydrogen-bond donors (Lipinski definition) is 1. The van der Waals surface area contributed by atoms with Crippen LogP contribution in [0.5, 0.6) is 0 Å². The molecule has 0 spiro atoms. The molecule has 2 heterocycles. The van der Waals surface area contributed by atoms with Crippen molar-refractivity contribution in [3.63, 3.8) is 0 Å². The molecule has 2 aromatic rings. The Hall–Kier alpha value is -2.90. The molecule has 1 aromatic carbocycles.